The molecule has 0 fully saturated rings. The van der Waals surface area contributed by atoms with E-state index in [4.69, 9.17) is 4.42 Å². The number of amides is 1. The molecule has 152 valence electrons. The van der Waals surface area contributed by atoms with Gasteiger partial charge < -0.3 is 9.73 Å². The summed E-state index contributed by atoms with van der Waals surface area (Å²) in [5, 5.41) is 13.9. The van der Waals surface area contributed by atoms with E-state index in [1.54, 1.807) is 24.5 Å². The van der Waals surface area contributed by atoms with Crippen LogP contribution in [0.15, 0.2) is 45.3 Å². The van der Waals surface area contributed by atoms with Gasteiger partial charge in [-0.3, -0.25) is 14.9 Å². The first-order valence-electron chi connectivity index (χ1n) is 8.78. The lowest BCUT2D eigenvalue weighted by molar-refractivity contribution is -0.384. The molecule has 29 heavy (non-hydrogen) atoms. The number of nitrogens with zero attached hydrogens (tertiary/aromatic N) is 3. The lowest BCUT2D eigenvalue weighted by Gasteiger charge is -2.12. The normalized spacial score (nSPS) is 11.4. The molecule has 0 aliphatic rings. The average molecular weight is 433 g/mol. The highest BCUT2D eigenvalue weighted by atomic mass is 32.2. The maximum absolute atomic E-state index is 12.2. The molecular formula is C19H20N4O4S2. The number of hydrogen-bond acceptors (Lipinski definition) is 8. The molecule has 2 heterocycles. The number of carbonyl (C=O) groups is 1. The fourth-order valence-electron chi connectivity index (χ4n) is 2.32. The lowest BCUT2D eigenvalue weighted by atomic mass is 9.94. The van der Waals surface area contributed by atoms with Gasteiger partial charge in [0.15, 0.2) is 5.13 Å². The highest BCUT2D eigenvalue weighted by Crippen LogP contribution is 2.31. The van der Waals surface area contributed by atoms with Crippen LogP contribution in [0, 0.1) is 10.1 Å². The third kappa shape index (κ3) is 5.88. The average Bonchev–Trinajstić information content (AvgIpc) is 3.29. The fourth-order valence-corrected chi connectivity index (χ4v) is 4.07. The number of oxazole rings is 1. The van der Waals surface area contributed by atoms with Gasteiger partial charge in [-0.15, -0.1) is 11.8 Å². The van der Waals surface area contributed by atoms with E-state index >= 15 is 0 Å². The molecule has 0 saturated carbocycles. The summed E-state index contributed by atoms with van der Waals surface area (Å²) in [5.41, 5.74) is 0.607. The number of carbonyl (C=O) groups excluding carboxylic acids is 1. The van der Waals surface area contributed by atoms with E-state index in [-0.39, 0.29) is 23.4 Å². The van der Waals surface area contributed by atoms with Crippen molar-refractivity contribution < 1.29 is 14.1 Å². The molecule has 0 saturated heterocycles. The first kappa shape index (κ1) is 21.0. The first-order valence-corrected chi connectivity index (χ1v) is 10.6. The number of anilines is 1. The number of aromatic nitrogens is 2. The van der Waals surface area contributed by atoms with Gasteiger partial charge in [0.2, 0.25) is 11.8 Å². The number of benzene rings is 1. The number of non-ortho nitro benzene ring substituents is 1. The minimum absolute atomic E-state index is 0.00332. The van der Waals surface area contributed by atoms with Gasteiger partial charge >= 0.3 is 0 Å². The van der Waals surface area contributed by atoms with Crippen LogP contribution in [0.1, 0.15) is 38.0 Å². The highest BCUT2D eigenvalue weighted by molar-refractivity contribution is 8.00. The molecule has 3 rings (SSSR count). The van der Waals surface area contributed by atoms with Crippen molar-refractivity contribution >= 4 is 39.8 Å². The van der Waals surface area contributed by atoms with E-state index in [0.29, 0.717) is 22.3 Å². The summed E-state index contributed by atoms with van der Waals surface area (Å²) in [7, 11) is 0. The molecular weight excluding hydrogens is 412 g/mol. The number of nitro benzene ring substituents is 1. The van der Waals surface area contributed by atoms with Gasteiger partial charge in [-0.05, 0) is 5.56 Å². The summed E-state index contributed by atoms with van der Waals surface area (Å²) in [6, 6.07) is 5.91. The van der Waals surface area contributed by atoms with E-state index in [0.717, 1.165) is 9.97 Å². The van der Waals surface area contributed by atoms with Crippen molar-refractivity contribution in [2.75, 3.05) is 5.32 Å². The van der Waals surface area contributed by atoms with Gasteiger partial charge in [-0.25, -0.2) is 9.97 Å². The zero-order chi connectivity index (χ0) is 21.0. The summed E-state index contributed by atoms with van der Waals surface area (Å²) in [4.78, 5) is 30.9. The standard InChI is InChI=1S/C19H20N4O4S2/c1-19(2,3)14-9-20-16(27-14)11-28-17-10-21-18(29-17)22-15(24)8-12-4-6-13(7-5-12)23(25)26/h4-7,9-10H,8,11H2,1-3H3,(H,21,22,24). The molecule has 0 aliphatic carbocycles. The van der Waals surface area contributed by atoms with Gasteiger partial charge in [-0.1, -0.05) is 44.2 Å². The van der Waals surface area contributed by atoms with Crippen molar-refractivity contribution in [3.05, 3.63) is 64.0 Å². The van der Waals surface area contributed by atoms with Crippen LogP contribution in [0.5, 0.6) is 0 Å². The third-order valence-corrected chi connectivity index (χ3v) is 5.97. The lowest BCUT2D eigenvalue weighted by Crippen LogP contribution is -2.14. The number of thiazole rings is 1. The summed E-state index contributed by atoms with van der Waals surface area (Å²) < 4.78 is 6.71. The third-order valence-electron chi connectivity index (χ3n) is 3.87. The number of rotatable bonds is 7. The van der Waals surface area contributed by atoms with Crippen LogP contribution in [0.4, 0.5) is 10.8 Å². The summed E-state index contributed by atoms with van der Waals surface area (Å²) in [6.45, 7) is 6.21. The highest BCUT2D eigenvalue weighted by Gasteiger charge is 2.19. The molecule has 0 aliphatic heterocycles. The molecule has 0 bridgehead atoms. The minimum atomic E-state index is -0.471. The second-order valence-corrected chi connectivity index (χ2v) is 9.60. The smallest absolute Gasteiger partial charge is 0.269 e. The second-order valence-electron chi connectivity index (χ2n) is 7.29. The van der Waals surface area contributed by atoms with Crippen LogP contribution < -0.4 is 5.32 Å². The molecule has 1 N–H and O–H groups in total. The van der Waals surface area contributed by atoms with E-state index < -0.39 is 4.92 Å². The topological polar surface area (TPSA) is 111 Å². The largest absolute Gasteiger partial charge is 0.444 e. The Labute approximate surface area is 175 Å². The Kier molecular flexibility index (Phi) is 6.33. The number of nitro groups is 1. The molecule has 0 radical (unpaired) electrons. The molecule has 2 aromatic heterocycles. The molecule has 1 amide bonds. The maximum Gasteiger partial charge on any atom is 0.269 e. The Bertz CT molecular complexity index is 1010. The Hall–Kier alpha value is -2.72. The predicted octanol–water partition coefficient (Wildman–Crippen LogP) is 4.81. The SMILES string of the molecule is CC(C)(C)c1cnc(CSc2cnc(NC(=O)Cc3ccc([N+](=O)[O-])cc3)s2)o1. The van der Waals surface area contributed by atoms with Crippen LogP contribution in [0.25, 0.3) is 0 Å². The van der Waals surface area contributed by atoms with Crippen LogP contribution in [-0.4, -0.2) is 20.8 Å². The maximum atomic E-state index is 12.2. The Morgan fingerprint density at radius 2 is 1.97 bits per heavy atom. The zero-order valence-corrected chi connectivity index (χ0v) is 17.8. The van der Waals surface area contributed by atoms with Crippen molar-refractivity contribution in [3.8, 4) is 0 Å². The van der Waals surface area contributed by atoms with E-state index in [1.165, 1.54) is 35.2 Å². The van der Waals surface area contributed by atoms with Gasteiger partial charge in [0, 0.05) is 17.5 Å². The first-order chi connectivity index (χ1) is 13.7. The van der Waals surface area contributed by atoms with Crippen molar-refractivity contribution in [1.29, 1.82) is 0 Å². The molecule has 10 heteroatoms. The van der Waals surface area contributed by atoms with Gasteiger partial charge in [0.05, 0.1) is 33.7 Å². The number of thioether (sulfide) groups is 1. The number of nitrogens with one attached hydrogen (secondary N) is 1. The van der Waals surface area contributed by atoms with Gasteiger partial charge in [0.25, 0.3) is 5.69 Å². The molecule has 8 nitrogen and oxygen atoms in total. The van der Waals surface area contributed by atoms with Crippen LogP contribution >= 0.6 is 23.1 Å². The Morgan fingerprint density at radius 3 is 2.59 bits per heavy atom. The van der Waals surface area contributed by atoms with Crippen LogP contribution in [0.3, 0.4) is 0 Å². The van der Waals surface area contributed by atoms with Crippen molar-refractivity contribution in [2.24, 2.45) is 0 Å². The molecule has 3 aromatic rings. The summed E-state index contributed by atoms with van der Waals surface area (Å²) >= 11 is 2.91. The monoisotopic (exact) mass is 432 g/mol. The quantitative estimate of drug-likeness (QED) is 0.324. The van der Waals surface area contributed by atoms with Crippen molar-refractivity contribution in [1.82, 2.24) is 9.97 Å². The van der Waals surface area contributed by atoms with Crippen LogP contribution in [0.2, 0.25) is 0 Å². The molecule has 1 aromatic carbocycles. The zero-order valence-electron chi connectivity index (χ0n) is 16.2. The molecule has 0 spiro atoms. The minimum Gasteiger partial charge on any atom is -0.444 e. The summed E-state index contributed by atoms with van der Waals surface area (Å²) in [5.74, 6) is 1.84. The van der Waals surface area contributed by atoms with E-state index in [9.17, 15) is 14.9 Å². The fraction of sp³-hybridized carbons (Fsp3) is 0.316. The van der Waals surface area contributed by atoms with Crippen LogP contribution in [-0.2, 0) is 22.4 Å². The predicted molar refractivity (Wildman–Crippen MR) is 112 cm³/mol. The van der Waals surface area contributed by atoms with E-state index in [1.807, 2.05) is 0 Å². The summed E-state index contributed by atoms with van der Waals surface area (Å²) in [6.07, 6.45) is 3.57. The van der Waals surface area contributed by atoms with Crippen molar-refractivity contribution in [3.63, 3.8) is 0 Å². The second kappa shape index (κ2) is 8.75. The Morgan fingerprint density at radius 1 is 1.24 bits per heavy atom. The number of hydrogen-bond donors (Lipinski definition) is 1. The Balaban J connectivity index is 1.51. The van der Waals surface area contributed by atoms with Crippen molar-refractivity contribution in [2.45, 2.75) is 42.6 Å². The molecule has 0 unspecified atom stereocenters. The van der Waals surface area contributed by atoms with Gasteiger partial charge in [-0.2, -0.15) is 0 Å². The van der Waals surface area contributed by atoms with Gasteiger partial charge in [0.1, 0.15) is 5.76 Å². The molecule has 0 atom stereocenters. The van der Waals surface area contributed by atoms with E-state index in [2.05, 4.69) is 36.1 Å².